The van der Waals surface area contributed by atoms with Crippen LogP contribution >= 0.6 is 24.0 Å². The molecule has 2 aliphatic rings. The highest BCUT2D eigenvalue weighted by molar-refractivity contribution is 8.26. The third-order valence-electron chi connectivity index (χ3n) is 6.31. The lowest BCUT2D eigenvalue weighted by Crippen LogP contribution is -2.38. The first kappa shape index (κ1) is 24.5. The van der Waals surface area contributed by atoms with E-state index < -0.39 is 0 Å². The van der Waals surface area contributed by atoms with Gasteiger partial charge in [-0.3, -0.25) is 18.9 Å². The molecule has 0 atom stereocenters. The number of fused-ring (bicyclic) bond motifs is 1. The van der Waals surface area contributed by atoms with Gasteiger partial charge in [-0.2, -0.15) is 0 Å². The molecule has 10 heteroatoms. The number of amides is 1. The molecule has 0 spiro atoms. The van der Waals surface area contributed by atoms with Crippen molar-refractivity contribution in [3.05, 3.63) is 74.5 Å². The topological polar surface area (TPSA) is 76.4 Å². The zero-order valence-corrected chi connectivity index (χ0v) is 21.7. The number of carbonyl (C=O) groups excluding carboxylic acids is 1. The molecule has 4 heterocycles. The number of rotatable bonds is 6. The van der Waals surface area contributed by atoms with Crippen LogP contribution in [0, 0.1) is 6.92 Å². The summed E-state index contributed by atoms with van der Waals surface area (Å²) in [5.74, 6) is 1.16. The molecule has 0 radical (unpaired) electrons. The van der Waals surface area contributed by atoms with E-state index in [9.17, 15) is 9.59 Å². The van der Waals surface area contributed by atoms with Crippen LogP contribution in [0.5, 0.6) is 5.75 Å². The van der Waals surface area contributed by atoms with E-state index in [1.54, 1.807) is 24.3 Å². The summed E-state index contributed by atoms with van der Waals surface area (Å²) in [6.45, 7) is 4.75. The van der Waals surface area contributed by atoms with E-state index in [1.807, 2.05) is 48.2 Å². The minimum atomic E-state index is -0.214. The average Bonchev–Trinajstić information content (AvgIpc) is 3.17. The molecule has 0 N–H and O–H groups in total. The second-order valence-electron chi connectivity index (χ2n) is 8.57. The highest BCUT2D eigenvalue weighted by Gasteiger charge is 2.33. The van der Waals surface area contributed by atoms with E-state index in [2.05, 4.69) is 0 Å². The van der Waals surface area contributed by atoms with Crippen molar-refractivity contribution in [1.82, 2.24) is 14.3 Å². The highest BCUT2D eigenvalue weighted by Crippen LogP contribution is 2.34. The summed E-state index contributed by atoms with van der Waals surface area (Å²) in [7, 11) is 1.63. The summed E-state index contributed by atoms with van der Waals surface area (Å²) >= 11 is 6.75. The van der Waals surface area contributed by atoms with Gasteiger partial charge in [-0.1, -0.05) is 42.2 Å². The third-order valence-corrected chi connectivity index (χ3v) is 7.68. The summed E-state index contributed by atoms with van der Waals surface area (Å²) in [4.78, 5) is 35.9. The lowest BCUT2D eigenvalue weighted by molar-refractivity contribution is -0.122. The summed E-state index contributed by atoms with van der Waals surface area (Å²) in [6.07, 6.45) is 4.02. The highest BCUT2D eigenvalue weighted by atomic mass is 32.2. The smallest absolute Gasteiger partial charge is 0.267 e. The van der Waals surface area contributed by atoms with Crippen LogP contribution in [0.1, 0.15) is 16.7 Å². The number of anilines is 1. The molecule has 3 aromatic rings. The molecule has 0 aliphatic carbocycles. The van der Waals surface area contributed by atoms with Crippen molar-refractivity contribution in [2.75, 3.05) is 44.9 Å². The molecule has 2 aliphatic heterocycles. The molecule has 8 nitrogen and oxygen atoms in total. The molecule has 2 aromatic heterocycles. The Morgan fingerprint density at radius 1 is 1.17 bits per heavy atom. The lowest BCUT2D eigenvalue weighted by atomic mass is 10.1. The van der Waals surface area contributed by atoms with Crippen LogP contribution in [0.4, 0.5) is 5.82 Å². The zero-order chi connectivity index (χ0) is 25.2. The number of thioether (sulfide) groups is 1. The number of carbonyl (C=O) groups is 1. The average molecular weight is 523 g/mol. The van der Waals surface area contributed by atoms with Crippen molar-refractivity contribution in [3.8, 4) is 5.75 Å². The van der Waals surface area contributed by atoms with Crippen LogP contribution in [-0.4, -0.2) is 64.5 Å². The second kappa shape index (κ2) is 10.4. The van der Waals surface area contributed by atoms with E-state index in [0.717, 1.165) is 16.9 Å². The van der Waals surface area contributed by atoms with E-state index in [0.29, 0.717) is 65.5 Å². The fourth-order valence-electron chi connectivity index (χ4n) is 4.30. The minimum absolute atomic E-state index is 0.194. The van der Waals surface area contributed by atoms with Crippen molar-refractivity contribution < 1.29 is 14.3 Å². The van der Waals surface area contributed by atoms with Crippen LogP contribution in [-0.2, 0) is 16.0 Å². The second-order valence-corrected chi connectivity index (χ2v) is 10.2. The maximum Gasteiger partial charge on any atom is 0.267 e. The number of ether oxygens (including phenoxy) is 2. The van der Waals surface area contributed by atoms with Crippen LogP contribution in [0.25, 0.3) is 11.7 Å². The zero-order valence-electron chi connectivity index (χ0n) is 20.1. The minimum Gasteiger partial charge on any atom is -0.497 e. The molecular formula is C26H26N4O4S2. The number of aromatic nitrogens is 2. The molecule has 0 bridgehead atoms. The van der Waals surface area contributed by atoms with Gasteiger partial charge in [0.05, 0.1) is 30.8 Å². The van der Waals surface area contributed by atoms with Gasteiger partial charge < -0.3 is 14.4 Å². The Morgan fingerprint density at radius 3 is 2.64 bits per heavy atom. The van der Waals surface area contributed by atoms with Crippen molar-refractivity contribution >= 4 is 51.7 Å². The monoisotopic (exact) mass is 522 g/mol. The van der Waals surface area contributed by atoms with Gasteiger partial charge in [-0.25, -0.2) is 4.98 Å². The predicted octanol–water partition coefficient (Wildman–Crippen LogP) is 3.29. The third kappa shape index (κ3) is 4.76. The van der Waals surface area contributed by atoms with Crippen molar-refractivity contribution in [2.45, 2.75) is 13.3 Å². The summed E-state index contributed by atoms with van der Waals surface area (Å²) in [5, 5.41) is 0. The van der Waals surface area contributed by atoms with Gasteiger partial charge in [0.15, 0.2) is 0 Å². The maximum atomic E-state index is 13.6. The van der Waals surface area contributed by atoms with Gasteiger partial charge >= 0.3 is 0 Å². The van der Waals surface area contributed by atoms with Crippen LogP contribution < -0.4 is 15.2 Å². The fourth-order valence-corrected chi connectivity index (χ4v) is 5.59. The summed E-state index contributed by atoms with van der Waals surface area (Å²) in [6, 6.07) is 11.5. The lowest BCUT2D eigenvalue weighted by Gasteiger charge is -2.29. The van der Waals surface area contributed by atoms with Gasteiger partial charge in [0.25, 0.3) is 11.5 Å². The molecule has 0 unspecified atom stereocenters. The van der Waals surface area contributed by atoms with E-state index in [-0.39, 0.29) is 11.5 Å². The van der Waals surface area contributed by atoms with Gasteiger partial charge in [-0.05, 0) is 48.7 Å². The molecule has 5 rings (SSSR count). The molecule has 2 fully saturated rings. The molecule has 1 amide bonds. The Labute approximate surface area is 218 Å². The number of methoxy groups -OCH3 is 1. The van der Waals surface area contributed by atoms with Crippen molar-refractivity contribution in [1.29, 1.82) is 0 Å². The fraction of sp³-hybridized carbons (Fsp3) is 0.308. The molecule has 186 valence electrons. The number of hydrogen-bond donors (Lipinski definition) is 0. The molecular weight excluding hydrogens is 496 g/mol. The number of hydrogen-bond acceptors (Lipinski definition) is 8. The Kier molecular flexibility index (Phi) is 7.08. The van der Waals surface area contributed by atoms with Crippen LogP contribution in [0.3, 0.4) is 0 Å². The maximum absolute atomic E-state index is 13.6. The SMILES string of the molecule is COc1ccc(CCN2C(=O)/C(=C/c3c(N4CCOCC4)nc4c(C)cccn4c3=O)SC2=S)cc1. The largest absolute Gasteiger partial charge is 0.497 e. The van der Waals surface area contributed by atoms with Crippen molar-refractivity contribution in [2.24, 2.45) is 0 Å². The van der Waals surface area contributed by atoms with Gasteiger partial charge in [0.2, 0.25) is 0 Å². The Bertz CT molecular complexity index is 1410. The molecule has 0 saturated carbocycles. The standard InChI is InChI=1S/C26H26N4O4S2/c1-17-4-3-10-29-22(17)27-23(28-12-14-34-15-13-28)20(24(29)31)16-21-25(32)30(26(35)36-21)11-9-18-5-7-19(33-2)8-6-18/h3-8,10,16H,9,11-15H2,1-2H3/b21-16-. The number of aryl methyl sites for hydroxylation is 1. The van der Waals surface area contributed by atoms with Gasteiger partial charge in [-0.15, -0.1) is 0 Å². The Morgan fingerprint density at radius 2 is 1.92 bits per heavy atom. The van der Waals surface area contributed by atoms with Crippen LogP contribution in [0.15, 0.2) is 52.3 Å². The van der Waals surface area contributed by atoms with E-state index >= 15 is 0 Å². The van der Waals surface area contributed by atoms with Gasteiger partial charge in [0.1, 0.15) is 21.5 Å². The first-order valence-corrected chi connectivity index (χ1v) is 12.9. The molecule has 1 aromatic carbocycles. The number of nitrogens with zero attached hydrogens (tertiary/aromatic N) is 4. The Hall–Kier alpha value is -3.21. The van der Waals surface area contributed by atoms with E-state index in [1.165, 1.54) is 16.2 Å². The number of benzene rings is 1. The van der Waals surface area contributed by atoms with Crippen LogP contribution in [0.2, 0.25) is 0 Å². The quantitative estimate of drug-likeness (QED) is 0.361. The molecule has 2 saturated heterocycles. The first-order chi connectivity index (χ1) is 17.5. The first-order valence-electron chi connectivity index (χ1n) is 11.7. The normalized spacial score (nSPS) is 17.4. The summed E-state index contributed by atoms with van der Waals surface area (Å²) < 4.78 is 12.7. The summed E-state index contributed by atoms with van der Waals surface area (Å²) in [5.41, 5.74) is 2.76. The number of thiocarbonyl (C=S) groups is 1. The Balaban J connectivity index is 1.47. The number of pyridine rings is 1. The predicted molar refractivity (Wildman–Crippen MR) is 146 cm³/mol. The molecule has 36 heavy (non-hydrogen) atoms. The van der Waals surface area contributed by atoms with E-state index in [4.69, 9.17) is 26.7 Å². The van der Waals surface area contributed by atoms with Gasteiger partial charge in [0, 0.05) is 25.8 Å². The number of morpholine rings is 1. The van der Waals surface area contributed by atoms with Crippen molar-refractivity contribution in [3.63, 3.8) is 0 Å².